The molecular weight excluding hydrogens is 434 g/mol. The highest BCUT2D eigenvalue weighted by molar-refractivity contribution is 6.14. The molecule has 0 unspecified atom stereocenters. The normalized spacial score (nSPS) is 18.1. The standard InChI is InChI=1S/C21H13F8NO/c22-17-11(3-1-5-15(17)20(24,25)26)7-13-9-30-10-14(19(13)31)8-12-4-2-6-16(18(12)23)21(27,28)29/h1-8,30H,9-10H2/b13-7+,14-8+. The van der Waals surface area contributed by atoms with Crippen molar-refractivity contribution >= 4 is 17.9 Å². The molecule has 1 saturated heterocycles. The molecule has 0 radical (unpaired) electrons. The molecule has 1 N–H and O–H groups in total. The van der Waals surface area contributed by atoms with Gasteiger partial charge >= 0.3 is 12.4 Å². The summed E-state index contributed by atoms with van der Waals surface area (Å²) in [7, 11) is 0. The van der Waals surface area contributed by atoms with Crippen molar-refractivity contribution in [3.8, 4) is 0 Å². The average Bonchev–Trinajstić information content (AvgIpc) is 2.66. The van der Waals surface area contributed by atoms with Crippen LogP contribution >= 0.6 is 0 Å². The van der Waals surface area contributed by atoms with Crippen LogP contribution in [0.15, 0.2) is 47.5 Å². The second-order valence-corrected chi connectivity index (χ2v) is 6.68. The van der Waals surface area contributed by atoms with Crippen LogP contribution in [0.2, 0.25) is 0 Å². The van der Waals surface area contributed by atoms with E-state index in [1.54, 1.807) is 0 Å². The van der Waals surface area contributed by atoms with Crippen molar-refractivity contribution in [2.45, 2.75) is 12.4 Å². The van der Waals surface area contributed by atoms with E-state index in [-0.39, 0.29) is 24.2 Å². The van der Waals surface area contributed by atoms with Gasteiger partial charge < -0.3 is 5.32 Å². The molecular formula is C21H13F8NO. The Bertz CT molecular complexity index is 996. The van der Waals surface area contributed by atoms with Gasteiger partial charge in [0, 0.05) is 35.4 Å². The van der Waals surface area contributed by atoms with Gasteiger partial charge in [-0.2, -0.15) is 26.3 Å². The number of carbonyl (C=O) groups excluding carboxylic acids is 1. The number of halogens is 8. The summed E-state index contributed by atoms with van der Waals surface area (Å²) in [6.45, 7) is -0.228. The number of Topliss-reactive ketones (excluding diaryl/α,β-unsaturated/α-hetero) is 1. The molecule has 1 aliphatic heterocycles. The molecule has 0 aromatic heterocycles. The fraction of sp³-hybridized carbons (Fsp3) is 0.190. The maximum absolute atomic E-state index is 14.2. The quantitative estimate of drug-likeness (QED) is 0.477. The van der Waals surface area contributed by atoms with Crippen LogP contribution in [0.1, 0.15) is 22.3 Å². The Morgan fingerprint density at radius 3 is 1.45 bits per heavy atom. The summed E-state index contributed by atoms with van der Waals surface area (Å²) in [4.78, 5) is 12.7. The van der Waals surface area contributed by atoms with E-state index in [1.807, 2.05) is 0 Å². The Kier molecular flexibility index (Phi) is 6.04. The Morgan fingerprint density at radius 2 is 1.10 bits per heavy atom. The highest BCUT2D eigenvalue weighted by atomic mass is 19.4. The smallest absolute Gasteiger partial charge is 0.308 e. The molecule has 2 nitrogen and oxygen atoms in total. The molecule has 0 aliphatic carbocycles. The number of hydrogen-bond donors (Lipinski definition) is 1. The number of ketones is 1. The summed E-state index contributed by atoms with van der Waals surface area (Å²) in [5.74, 6) is -3.86. The number of benzene rings is 2. The summed E-state index contributed by atoms with van der Waals surface area (Å²) in [6.07, 6.45) is -8.01. The first-order valence-corrected chi connectivity index (χ1v) is 8.77. The maximum atomic E-state index is 14.2. The maximum Gasteiger partial charge on any atom is 0.419 e. The fourth-order valence-electron chi connectivity index (χ4n) is 3.07. The van der Waals surface area contributed by atoms with Gasteiger partial charge in [0.05, 0.1) is 11.1 Å². The van der Waals surface area contributed by atoms with Crippen LogP contribution in [-0.2, 0) is 17.1 Å². The minimum atomic E-state index is -4.93. The van der Waals surface area contributed by atoms with E-state index in [4.69, 9.17) is 0 Å². The van der Waals surface area contributed by atoms with Crippen molar-refractivity contribution in [3.63, 3.8) is 0 Å². The Labute approximate surface area is 170 Å². The molecule has 0 saturated carbocycles. The van der Waals surface area contributed by atoms with Gasteiger partial charge in [-0.05, 0) is 24.3 Å². The van der Waals surface area contributed by atoms with Gasteiger partial charge in [-0.15, -0.1) is 0 Å². The third-order valence-electron chi connectivity index (χ3n) is 4.54. The molecule has 0 spiro atoms. The zero-order valence-electron chi connectivity index (χ0n) is 15.5. The van der Waals surface area contributed by atoms with E-state index in [0.717, 1.165) is 36.4 Å². The number of carbonyl (C=O) groups is 1. The average molecular weight is 447 g/mol. The van der Waals surface area contributed by atoms with Crippen LogP contribution in [0.3, 0.4) is 0 Å². The van der Waals surface area contributed by atoms with E-state index in [9.17, 15) is 39.9 Å². The van der Waals surface area contributed by atoms with Gasteiger partial charge in [0.1, 0.15) is 11.6 Å². The van der Waals surface area contributed by atoms with Crippen molar-refractivity contribution in [2.24, 2.45) is 0 Å². The van der Waals surface area contributed by atoms with E-state index >= 15 is 0 Å². The molecule has 0 bridgehead atoms. The minimum absolute atomic E-state index is 0.114. The zero-order chi connectivity index (χ0) is 23.0. The number of rotatable bonds is 2. The lowest BCUT2D eigenvalue weighted by molar-refractivity contribution is -0.140. The van der Waals surface area contributed by atoms with Crippen LogP contribution < -0.4 is 5.32 Å². The first-order chi connectivity index (χ1) is 14.4. The monoisotopic (exact) mass is 447 g/mol. The molecule has 0 amide bonds. The molecule has 1 aliphatic rings. The predicted octanol–water partition coefficient (Wildman–Crippen LogP) is 5.64. The summed E-state index contributed by atoms with van der Waals surface area (Å²) >= 11 is 0. The highest BCUT2D eigenvalue weighted by Gasteiger charge is 2.36. The second kappa shape index (κ2) is 8.26. The van der Waals surface area contributed by atoms with Crippen molar-refractivity contribution < 1.29 is 39.9 Å². The molecule has 0 atom stereocenters. The van der Waals surface area contributed by atoms with Crippen molar-refractivity contribution in [1.82, 2.24) is 5.32 Å². The van der Waals surface area contributed by atoms with E-state index in [2.05, 4.69) is 5.32 Å². The van der Waals surface area contributed by atoms with Crippen LogP contribution in [0.5, 0.6) is 0 Å². The SMILES string of the molecule is O=C1/C(=C/c2cccc(C(F)(F)F)c2F)CNC/C1=C\c1cccc(C(F)(F)F)c1F. The second-order valence-electron chi connectivity index (χ2n) is 6.68. The zero-order valence-corrected chi connectivity index (χ0v) is 15.5. The molecule has 10 heteroatoms. The lowest BCUT2D eigenvalue weighted by Gasteiger charge is -2.19. The van der Waals surface area contributed by atoms with Gasteiger partial charge in [0.2, 0.25) is 0 Å². The van der Waals surface area contributed by atoms with Gasteiger partial charge in [-0.25, -0.2) is 8.78 Å². The molecule has 2 aromatic carbocycles. The van der Waals surface area contributed by atoms with Crippen molar-refractivity contribution in [2.75, 3.05) is 13.1 Å². The van der Waals surface area contributed by atoms with E-state index in [1.165, 1.54) is 0 Å². The third-order valence-corrected chi connectivity index (χ3v) is 4.54. The number of piperidine rings is 1. The third kappa shape index (κ3) is 4.84. The number of hydrogen-bond acceptors (Lipinski definition) is 2. The molecule has 2 aromatic rings. The highest BCUT2D eigenvalue weighted by Crippen LogP contribution is 2.34. The number of alkyl halides is 6. The Balaban J connectivity index is 1.99. The van der Waals surface area contributed by atoms with Crippen LogP contribution in [-0.4, -0.2) is 18.9 Å². The topological polar surface area (TPSA) is 29.1 Å². The summed E-state index contributed by atoms with van der Waals surface area (Å²) in [6, 6.07) is 5.17. The van der Waals surface area contributed by atoms with Crippen molar-refractivity contribution in [1.29, 1.82) is 0 Å². The van der Waals surface area contributed by atoms with Gasteiger partial charge in [0.25, 0.3) is 0 Å². The Hall–Kier alpha value is -3.01. The van der Waals surface area contributed by atoms with Gasteiger partial charge in [-0.3, -0.25) is 4.79 Å². The number of nitrogens with one attached hydrogen (secondary N) is 1. The molecule has 31 heavy (non-hydrogen) atoms. The van der Waals surface area contributed by atoms with Crippen molar-refractivity contribution in [3.05, 3.63) is 81.4 Å². The lowest BCUT2D eigenvalue weighted by atomic mass is 9.94. The lowest BCUT2D eigenvalue weighted by Crippen LogP contribution is -2.32. The predicted molar refractivity (Wildman–Crippen MR) is 96.6 cm³/mol. The fourth-order valence-corrected chi connectivity index (χ4v) is 3.07. The van der Waals surface area contributed by atoms with Gasteiger partial charge in [-0.1, -0.05) is 24.3 Å². The Morgan fingerprint density at radius 1 is 0.710 bits per heavy atom. The molecule has 1 heterocycles. The largest absolute Gasteiger partial charge is 0.419 e. The van der Waals surface area contributed by atoms with Crippen LogP contribution in [0, 0.1) is 11.6 Å². The molecule has 164 valence electrons. The summed E-state index contributed by atoms with van der Waals surface area (Å²) in [5.41, 5.74) is -4.20. The first kappa shape index (κ1) is 22.7. The van der Waals surface area contributed by atoms with Gasteiger partial charge in [0.15, 0.2) is 5.78 Å². The molecule has 1 fully saturated rings. The minimum Gasteiger partial charge on any atom is -0.308 e. The van der Waals surface area contributed by atoms with Crippen LogP contribution in [0.25, 0.3) is 12.2 Å². The van der Waals surface area contributed by atoms with Crippen LogP contribution in [0.4, 0.5) is 35.1 Å². The van der Waals surface area contributed by atoms with E-state index in [0.29, 0.717) is 12.1 Å². The van der Waals surface area contributed by atoms with E-state index < -0.39 is 52.0 Å². The first-order valence-electron chi connectivity index (χ1n) is 8.77. The molecule has 3 rings (SSSR count). The summed E-state index contributed by atoms with van der Waals surface area (Å²) in [5, 5.41) is 2.74. The summed E-state index contributed by atoms with van der Waals surface area (Å²) < 4.78 is 106.